The average molecular weight is 284 g/mol. The van der Waals surface area contributed by atoms with Gasteiger partial charge in [-0.25, -0.2) is 0 Å². The monoisotopic (exact) mass is 283 g/mol. The van der Waals surface area contributed by atoms with Gasteiger partial charge in [-0.05, 0) is 37.4 Å². The minimum Gasteiger partial charge on any atom is -0.489 e. The summed E-state index contributed by atoms with van der Waals surface area (Å²) in [6.07, 6.45) is 2.05. The van der Waals surface area contributed by atoms with Gasteiger partial charge in [-0.1, -0.05) is 30.7 Å². The number of likely N-dealkylation sites (tertiary alicyclic amines) is 1. The fraction of sp³-hybridized carbons (Fsp3) is 0.600. The second-order valence-electron chi connectivity index (χ2n) is 5.40. The molecule has 106 valence electrons. The highest BCUT2D eigenvalue weighted by Gasteiger charge is 2.19. The Morgan fingerprint density at radius 2 is 2.26 bits per heavy atom. The molecule has 0 saturated carbocycles. The molecule has 1 aromatic rings. The Bertz CT molecular complexity index is 399. The van der Waals surface area contributed by atoms with Crippen LogP contribution >= 0.6 is 11.6 Å². The van der Waals surface area contributed by atoms with E-state index in [2.05, 4.69) is 11.8 Å². The van der Waals surface area contributed by atoms with Gasteiger partial charge >= 0.3 is 0 Å². The number of piperidine rings is 1. The topological polar surface area (TPSA) is 32.7 Å². The predicted molar refractivity (Wildman–Crippen MR) is 77.8 cm³/mol. The Hall–Kier alpha value is -0.770. The molecular weight excluding hydrogens is 262 g/mol. The van der Waals surface area contributed by atoms with E-state index in [1.165, 1.54) is 12.8 Å². The number of aliphatic hydroxyl groups excluding tert-OH is 1. The normalized spacial score (nSPS) is 22.2. The zero-order chi connectivity index (χ0) is 13.7. The Balaban J connectivity index is 1.75. The van der Waals surface area contributed by atoms with Gasteiger partial charge in [-0.15, -0.1) is 0 Å². The lowest BCUT2D eigenvalue weighted by molar-refractivity contribution is 0.0537. The third-order valence-corrected chi connectivity index (χ3v) is 3.79. The Morgan fingerprint density at radius 3 is 3.00 bits per heavy atom. The van der Waals surface area contributed by atoms with Gasteiger partial charge in [0.2, 0.25) is 0 Å². The van der Waals surface area contributed by atoms with Crippen LogP contribution in [0, 0.1) is 5.92 Å². The molecule has 1 fully saturated rings. The molecule has 0 aliphatic carbocycles. The number of β-amino-alcohol motifs (C(OH)–C–C–N with tert-alkyl or cyclic N) is 1. The van der Waals surface area contributed by atoms with Crippen molar-refractivity contribution in [3.05, 3.63) is 29.3 Å². The summed E-state index contributed by atoms with van der Waals surface area (Å²) in [6.45, 7) is 5.37. The molecule has 1 N–H and O–H groups in total. The van der Waals surface area contributed by atoms with Crippen molar-refractivity contribution in [2.24, 2.45) is 5.92 Å². The number of aliphatic hydroxyl groups is 1. The Kier molecular flexibility index (Phi) is 5.49. The van der Waals surface area contributed by atoms with E-state index in [9.17, 15) is 5.11 Å². The van der Waals surface area contributed by atoms with Gasteiger partial charge in [0.15, 0.2) is 0 Å². The number of rotatable bonds is 5. The fourth-order valence-corrected chi connectivity index (χ4v) is 2.74. The molecule has 0 amide bonds. The van der Waals surface area contributed by atoms with Crippen LogP contribution in [0.15, 0.2) is 24.3 Å². The van der Waals surface area contributed by atoms with Crippen molar-refractivity contribution in [3.63, 3.8) is 0 Å². The maximum absolute atomic E-state index is 10.0. The van der Waals surface area contributed by atoms with Crippen molar-refractivity contribution in [3.8, 4) is 5.75 Å². The maximum atomic E-state index is 10.0. The number of hydrogen-bond acceptors (Lipinski definition) is 3. The zero-order valence-corrected chi connectivity index (χ0v) is 12.1. The van der Waals surface area contributed by atoms with Gasteiger partial charge in [-0.2, -0.15) is 0 Å². The van der Waals surface area contributed by atoms with E-state index < -0.39 is 6.10 Å². The van der Waals surface area contributed by atoms with Crippen LogP contribution in [0.5, 0.6) is 5.75 Å². The van der Waals surface area contributed by atoms with Gasteiger partial charge in [0.1, 0.15) is 18.5 Å². The van der Waals surface area contributed by atoms with Crippen molar-refractivity contribution in [2.75, 3.05) is 26.2 Å². The van der Waals surface area contributed by atoms with Crippen LogP contribution < -0.4 is 4.74 Å². The smallest absolute Gasteiger partial charge is 0.138 e. The number of ether oxygens (including phenoxy) is 1. The van der Waals surface area contributed by atoms with Crippen LogP contribution in [0.1, 0.15) is 19.8 Å². The first kappa shape index (κ1) is 14.6. The number of benzene rings is 1. The zero-order valence-electron chi connectivity index (χ0n) is 11.4. The van der Waals surface area contributed by atoms with Crippen LogP contribution in [-0.4, -0.2) is 42.4 Å². The third kappa shape index (κ3) is 4.68. The summed E-state index contributed by atoms with van der Waals surface area (Å²) in [5, 5.41) is 10.6. The fourth-order valence-electron chi connectivity index (χ4n) is 2.55. The quantitative estimate of drug-likeness (QED) is 0.902. The molecule has 1 aliphatic heterocycles. The van der Waals surface area contributed by atoms with E-state index in [4.69, 9.17) is 16.3 Å². The number of para-hydroxylation sites is 1. The van der Waals surface area contributed by atoms with Crippen LogP contribution in [-0.2, 0) is 0 Å². The number of hydrogen-bond donors (Lipinski definition) is 1. The molecule has 1 aliphatic rings. The van der Waals surface area contributed by atoms with E-state index in [1.807, 2.05) is 18.2 Å². The molecule has 1 saturated heterocycles. The molecule has 0 unspecified atom stereocenters. The summed E-state index contributed by atoms with van der Waals surface area (Å²) in [7, 11) is 0. The minimum absolute atomic E-state index is 0.286. The lowest BCUT2D eigenvalue weighted by Gasteiger charge is -2.32. The first-order chi connectivity index (χ1) is 9.15. The standard InChI is InChI=1S/C15H22ClNO2/c1-12-5-4-8-17(9-12)10-13(18)11-19-15-7-3-2-6-14(15)16/h2-3,6-7,12-13,18H,4-5,8-11H2,1H3/t12-,13+/m0/s1. The van der Waals surface area contributed by atoms with Gasteiger partial charge < -0.3 is 14.7 Å². The van der Waals surface area contributed by atoms with E-state index >= 15 is 0 Å². The summed E-state index contributed by atoms with van der Waals surface area (Å²) in [5.41, 5.74) is 0. The first-order valence-corrected chi connectivity index (χ1v) is 7.30. The van der Waals surface area contributed by atoms with Crippen LogP contribution in [0.3, 0.4) is 0 Å². The molecule has 1 heterocycles. The van der Waals surface area contributed by atoms with Crippen LogP contribution in [0.25, 0.3) is 0 Å². The molecule has 2 atom stereocenters. The Morgan fingerprint density at radius 1 is 1.47 bits per heavy atom. The molecule has 19 heavy (non-hydrogen) atoms. The SMILES string of the molecule is C[C@H]1CCCN(C[C@@H](O)COc2ccccc2Cl)C1. The average Bonchev–Trinajstić information content (AvgIpc) is 2.38. The molecule has 3 nitrogen and oxygen atoms in total. The second kappa shape index (κ2) is 7.13. The van der Waals surface area contributed by atoms with E-state index in [0.717, 1.165) is 19.0 Å². The number of halogens is 1. The summed E-state index contributed by atoms with van der Waals surface area (Å²) < 4.78 is 5.56. The number of nitrogens with zero attached hydrogens (tertiary/aromatic N) is 1. The van der Waals surface area contributed by atoms with Crippen molar-refractivity contribution in [1.29, 1.82) is 0 Å². The molecular formula is C15H22ClNO2. The van der Waals surface area contributed by atoms with E-state index in [0.29, 0.717) is 17.3 Å². The summed E-state index contributed by atoms with van der Waals surface area (Å²) >= 11 is 6.00. The lowest BCUT2D eigenvalue weighted by Crippen LogP contribution is -2.41. The molecule has 2 rings (SSSR count). The molecule has 4 heteroatoms. The lowest BCUT2D eigenvalue weighted by atomic mass is 10.0. The van der Waals surface area contributed by atoms with E-state index in [1.54, 1.807) is 6.07 Å². The molecule has 1 aromatic carbocycles. The summed E-state index contributed by atoms with van der Waals surface area (Å²) in [5.74, 6) is 1.36. The van der Waals surface area contributed by atoms with Gasteiger partial charge in [-0.3, -0.25) is 0 Å². The summed E-state index contributed by atoms with van der Waals surface area (Å²) in [4.78, 5) is 2.31. The van der Waals surface area contributed by atoms with Crippen molar-refractivity contribution >= 4 is 11.6 Å². The van der Waals surface area contributed by atoms with Gasteiger partial charge in [0.25, 0.3) is 0 Å². The highest BCUT2D eigenvalue weighted by molar-refractivity contribution is 6.32. The van der Waals surface area contributed by atoms with Crippen molar-refractivity contribution in [2.45, 2.75) is 25.9 Å². The van der Waals surface area contributed by atoms with Gasteiger partial charge in [0, 0.05) is 13.1 Å². The van der Waals surface area contributed by atoms with Gasteiger partial charge in [0.05, 0.1) is 5.02 Å². The van der Waals surface area contributed by atoms with Crippen LogP contribution in [0.4, 0.5) is 0 Å². The predicted octanol–water partition coefficient (Wildman–Crippen LogP) is 2.81. The highest BCUT2D eigenvalue weighted by atomic mass is 35.5. The van der Waals surface area contributed by atoms with E-state index in [-0.39, 0.29) is 6.61 Å². The van der Waals surface area contributed by atoms with Crippen molar-refractivity contribution in [1.82, 2.24) is 4.90 Å². The maximum Gasteiger partial charge on any atom is 0.138 e. The second-order valence-corrected chi connectivity index (χ2v) is 5.81. The van der Waals surface area contributed by atoms with Crippen LogP contribution in [0.2, 0.25) is 5.02 Å². The van der Waals surface area contributed by atoms with Crippen molar-refractivity contribution < 1.29 is 9.84 Å². The molecule has 0 aromatic heterocycles. The minimum atomic E-state index is -0.471. The highest BCUT2D eigenvalue weighted by Crippen LogP contribution is 2.23. The summed E-state index contributed by atoms with van der Waals surface area (Å²) in [6, 6.07) is 7.34. The molecule has 0 radical (unpaired) electrons. The first-order valence-electron chi connectivity index (χ1n) is 6.93. The molecule has 0 spiro atoms. The molecule has 0 bridgehead atoms. The third-order valence-electron chi connectivity index (χ3n) is 3.48. The Labute approximate surface area is 120 Å². The largest absolute Gasteiger partial charge is 0.489 e.